The van der Waals surface area contributed by atoms with Crippen molar-refractivity contribution in [3.63, 3.8) is 0 Å². The second-order valence-electron chi connectivity index (χ2n) is 2.76. The van der Waals surface area contributed by atoms with Crippen molar-refractivity contribution in [1.29, 1.82) is 0 Å². The van der Waals surface area contributed by atoms with E-state index in [1.165, 1.54) is 0 Å². The summed E-state index contributed by atoms with van der Waals surface area (Å²) in [6.45, 7) is 0.416. The number of ketones is 1. The molecule has 0 saturated carbocycles. The summed E-state index contributed by atoms with van der Waals surface area (Å²) >= 11 is 0. The third-order valence-electron chi connectivity index (χ3n) is 1.73. The second kappa shape index (κ2) is 4.69. The zero-order valence-corrected chi connectivity index (χ0v) is 7.31. The van der Waals surface area contributed by atoms with Gasteiger partial charge < -0.3 is 11.5 Å². The van der Waals surface area contributed by atoms with Gasteiger partial charge in [-0.1, -0.05) is 6.07 Å². The summed E-state index contributed by atoms with van der Waals surface area (Å²) in [4.78, 5) is 15.4. The maximum absolute atomic E-state index is 11.5. The normalized spacial score (nSPS) is 12.5. The Bertz CT molecular complexity index is 273. The minimum atomic E-state index is -0.528. The SMILES string of the molecule is NCCC(N)C(=O)c1ccccn1. The van der Waals surface area contributed by atoms with Gasteiger partial charge in [0.05, 0.1) is 6.04 Å². The Morgan fingerprint density at radius 2 is 2.31 bits per heavy atom. The lowest BCUT2D eigenvalue weighted by atomic mass is 10.1. The average molecular weight is 179 g/mol. The molecule has 0 bridgehead atoms. The van der Waals surface area contributed by atoms with Crippen molar-refractivity contribution in [3.8, 4) is 0 Å². The van der Waals surface area contributed by atoms with Crippen LogP contribution in [-0.4, -0.2) is 23.4 Å². The Morgan fingerprint density at radius 3 is 2.85 bits per heavy atom. The van der Waals surface area contributed by atoms with Crippen LogP contribution in [0.4, 0.5) is 0 Å². The first kappa shape index (κ1) is 9.83. The largest absolute Gasteiger partial charge is 0.330 e. The van der Waals surface area contributed by atoms with E-state index in [-0.39, 0.29) is 5.78 Å². The summed E-state index contributed by atoms with van der Waals surface area (Å²) in [7, 11) is 0. The van der Waals surface area contributed by atoms with E-state index in [1.54, 1.807) is 24.4 Å². The topological polar surface area (TPSA) is 82.0 Å². The van der Waals surface area contributed by atoms with Crippen LogP contribution in [0.5, 0.6) is 0 Å². The molecule has 0 aliphatic heterocycles. The fraction of sp³-hybridized carbons (Fsp3) is 0.333. The zero-order chi connectivity index (χ0) is 9.68. The molecule has 1 aromatic heterocycles. The molecular weight excluding hydrogens is 166 g/mol. The number of Topliss-reactive ketones (excluding diaryl/α,β-unsaturated/α-hetero) is 1. The maximum Gasteiger partial charge on any atom is 0.197 e. The number of rotatable bonds is 4. The lowest BCUT2D eigenvalue weighted by Gasteiger charge is -2.07. The van der Waals surface area contributed by atoms with E-state index in [0.717, 1.165) is 0 Å². The van der Waals surface area contributed by atoms with E-state index in [0.29, 0.717) is 18.7 Å². The van der Waals surface area contributed by atoms with E-state index < -0.39 is 6.04 Å². The molecule has 0 aliphatic carbocycles. The van der Waals surface area contributed by atoms with Crippen LogP contribution in [0.15, 0.2) is 24.4 Å². The van der Waals surface area contributed by atoms with E-state index in [2.05, 4.69) is 4.98 Å². The summed E-state index contributed by atoms with van der Waals surface area (Å²) in [6, 6.07) is 4.64. The average Bonchev–Trinajstić information content (AvgIpc) is 2.18. The number of pyridine rings is 1. The van der Waals surface area contributed by atoms with Crippen LogP contribution >= 0.6 is 0 Å². The summed E-state index contributed by atoms with van der Waals surface area (Å²) in [6.07, 6.45) is 2.07. The molecule has 0 saturated heterocycles. The van der Waals surface area contributed by atoms with Gasteiger partial charge in [-0.3, -0.25) is 9.78 Å². The molecule has 70 valence electrons. The Labute approximate surface area is 77.0 Å². The predicted molar refractivity (Wildman–Crippen MR) is 50.2 cm³/mol. The smallest absolute Gasteiger partial charge is 0.197 e. The number of nitrogens with two attached hydrogens (primary N) is 2. The highest BCUT2D eigenvalue weighted by atomic mass is 16.1. The molecule has 1 atom stereocenters. The molecule has 0 amide bonds. The van der Waals surface area contributed by atoms with Crippen LogP contribution in [0.25, 0.3) is 0 Å². The summed E-state index contributed by atoms with van der Waals surface area (Å²) < 4.78 is 0. The fourth-order valence-electron chi connectivity index (χ4n) is 1.01. The van der Waals surface area contributed by atoms with Gasteiger partial charge in [-0.15, -0.1) is 0 Å². The first-order valence-corrected chi connectivity index (χ1v) is 4.16. The van der Waals surface area contributed by atoms with Crippen molar-refractivity contribution in [2.75, 3.05) is 6.54 Å². The van der Waals surface area contributed by atoms with Gasteiger partial charge in [-0.2, -0.15) is 0 Å². The maximum atomic E-state index is 11.5. The molecule has 1 heterocycles. The van der Waals surface area contributed by atoms with Gasteiger partial charge in [0.1, 0.15) is 5.69 Å². The molecule has 1 rings (SSSR count). The molecular formula is C9H13N3O. The van der Waals surface area contributed by atoms with E-state index in [4.69, 9.17) is 11.5 Å². The first-order valence-electron chi connectivity index (χ1n) is 4.16. The van der Waals surface area contributed by atoms with Gasteiger partial charge in [0.2, 0.25) is 0 Å². The molecule has 0 radical (unpaired) electrons. The van der Waals surface area contributed by atoms with Crippen LogP contribution in [0.2, 0.25) is 0 Å². The highest BCUT2D eigenvalue weighted by Crippen LogP contribution is 2.00. The molecule has 0 aliphatic rings. The van der Waals surface area contributed by atoms with Gasteiger partial charge in [-0.25, -0.2) is 0 Å². The Hall–Kier alpha value is -1.26. The molecule has 0 aromatic carbocycles. The lowest BCUT2D eigenvalue weighted by molar-refractivity contribution is 0.0953. The predicted octanol–water partition coefficient (Wildman–Crippen LogP) is -0.0596. The van der Waals surface area contributed by atoms with Crippen molar-refractivity contribution < 1.29 is 4.79 Å². The van der Waals surface area contributed by atoms with Gasteiger partial charge in [-0.05, 0) is 25.1 Å². The first-order chi connectivity index (χ1) is 6.25. The molecule has 4 N–H and O–H groups in total. The van der Waals surface area contributed by atoms with Crippen molar-refractivity contribution in [1.82, 2.24) is 4.98 Å². The molecule has 4 heteroatoms. The molecule has 0 fully saturated rings. The van der Waals surface area contributed by atoms with Crippen LogP contribution < -0.4 is 11.5 Å². The number of carbonyl (C=O) groups is 1. The zero-order valence-electron chi connectivity index (χ0n) is 7.31. The van der Waals surface area contributed by atoms with Crippen molar-refractivity contribution >= 4 is 5.78 Å². The minimum absolute atomic E-state index is 0.147. The summed E-state index contributed by atoms with van der Waals surface area (Å²) in [5, 5.41) is 0. The highest BCUT2D eigenvalue weighted by Gasteiger charge is 2.14. The van der Waals surface area contributed by atoms with Crippen LogP contribution in [-0.2, 0) is 0 Å². The third-order valence-corrected chi connectivity index (χ3v) is 1.73. The van der Waals surface area contributed by atoms with Crippen LogP contribution in [0.3, 0.4) is 0 Å². The third kappa shape index (κ3) is 2.61. The standard InChI is InChI=1S/C9H13N3O/c10-5-4-7(11)9(13)8-3-1-2-6-12-8/h1-3,6-7H,4-5,10-11H2. The molecule has 0 spiro atoms. The Balaban J connectivity index is 2.68. The number of aromatic nitrogens is 1. The van der Waals surface area contributed by atoms with Crippen LogP contribution in [0, 0.1) is 0 Å². The van der Waals surface area contributed by atoms with Gasteiger partial charge in [0.25, 0.3) is 0 Å². The number of nitrogens with zero attached hydrogens (tertiary/aromatic N) is 1. The highest BCUT2D eigenvalue weighted by molar-refractivity contribution is 5.98. The van der Waals surface area contributed by atoms with Crippen molar-refractivity contribution in [3.05, 3.63) is 30.1 Å². The lowest BCUT2D eigenvalue weighted by Crippen LogP contribution is -2.33. The number of hydrogen-bond acceptors (Lipinski definition) is 4. The Morgan fingerprint density at radius 1 is 1.54 bits per heavy atom. The molecule has 13 heavy (non-hydrogen) atoms. The monoisotopic (exact) mass is 179 g/mol. The van der Waals surface area contributed by atoms with E-state index in [9.17, 15) is 4.79 Å². The molecule has 1 aromatic rings. The number of hydrogen-bond donors (Lipinski definition) is 2. The summed E-state index contributed by atoms with van der Waals surface area (Å²) in [5.74, 6) is -0.147. The number of carbonyl (C=O) groups excluding carboxylic acids is 1. The van der Waals surface area contributed by atoms with E-state index >= 15 is 0 Å². The van der Waals surface area contributed by atoms with Crippen molar-refractivity contribution in [2.24, 2.45) is 11.5 Å². The molecule has 1 unspecified atom stereocenters. The van der Waals surface area contributed by atoms with Gasteiger partial charge in [0.15, 0.2) is 5.78 Å². The summed E-state index contributed by atoms with van der Waals surface area (Å²) in [5.41, 5.74) is 11.3. The molecule has 4 nitrogen and oxygen atoms in total. The minimum Gasteiger partial charge on any atom is -0.330 e. The van der Waals surface area contributed by atoms with Crippen LogP contribution in [0.1, 0.15) is 16.9 Å². The van der Waals surface area contributed by atoms with Gasteiger partial charge >= 0.3 is 0 Å². The fourth-order valence-corrected chi connectivity index (χ4v) is 1.01. The van der Waals surface area contributed by atoms with E-state index in [1.807, 2.05) is 0 Å². The van der Waals surface area contributed by atoms with Crippen molar-refractivity contribution in [2.45, 2.75) is 12.5 Å². The Kier molecular flexibility index (Phi) is 3.54. The second-order valence-corrected chi connectivity index (χ2v) is 2.76. The van der Waals surface area contributed by atoms with Gasteiger partial charge in [0, 0.05) is 6.20 Å². The quantitative estimate of drug-likeness (QED) is 0.634.